The highest BCUT2D eigenvalue weighted by atomic mass is 32.2. The zero-order valence-electron chi connectivity index (χ0n) is 14.0. The number of carbonyl (C=O) groups is 2. The van der Waals surface area contributed by atoms with Gasteiger partial charge in [-0.3, -0.25) is 4.79 Å². The molecular weight excluding hydrogens is 370 g/mol. The molecule has 3 N–H and O–H groups in total. The molecule has 9 heteroatoms. The topological polar surface area (TPSA) is 128 Å². The number of nitrogens with zero attached hydrogens (tertiary/aromatic N) is 1. The number of hydrogen-bond acceptors (Lipinski definition) is 6. The fourth-order valence-corrected chi connectivity index (χ4v) is 2.89. The minimum Gasteiger partial charge on any atom is -0.451 e. The zero-order valence-corrected chi connectivity index (χ0v) is 14.8. The molecular formula is C18H15N3O5S. The van der Waals surface area contributed by atoms with Crippen LogP contribution < -0.4 is 10.5 Å². The van der Waals surface area contributed by atoms with Gasteiger partial charge in [-0.1, -0.05) is 30.3 Å². The highest BCUT2D eigenvalue weighted by Gasteiger charge is 2.13. The normalized spacial score (nSPS) is 11.1. The second-order valence-electron chi connectivity index (χ2n) is 5.59. The summed E-state index contributed by atoms with van der Waals surface area (Å²) in [4.78, 5) is 28.1. The van der Waals surface area contributed by atoms with E-state index in [2.05, 4.69) is 10.3 Å². The maximum atomic E-state index is 12.1. The van der Waals surface area contributed by atoms with Gasteiger partial charge in [-0.2, -0.15) is 0 Å². The first-order valence-corrected chi connectivity index (χ1v) is 9.33. The molecule has 138 valence electrons. The second kappa shape index (κ2) is 7.52. The van der Waals surface area contributed by atoms with Gasteiger partial charge in [0, 0.05) is 11.1 Å². The highest BCUT2D eigenvalue weighted by molar-refractivity contribution is 7.89. The van der Waals surface area contributed by atoms with E-state index >= 15 is 0 Å². The number of amides is 1. The second-order valence-corrected chi connectivity index (χ2v) is 7.15. The average Bonchev–Trinajstić information content (AvgIpc) is 2.65. The molecule has 0 atom stereocenters. The smallest absolute Gasteiger partial charge is 0.357 e. The molecule has 1 heterocycles. The number of aromatic nitrogens is 1. The number of anilines is 1. The fraction of sp³-hybridized carbons (Fsp3) is 0.0556. The molecule has 3 aromatic rings. The Hall–Kier alpha value is -3.30. The summed E-state index contributed by atoms with van der Waals surface area (Å²) in [6.07, 6.45) is 0. The molecule has 27 heavy (non-hydrogen) atoms. The molecule has 0 radical (unpaired) electrons. The van der Waals surface area contributed by atoms with E-state index in [0.29, 0.717) is 5.52 Å². The number of sulfonamides is 1. The summed E-state index contributed by atoms with van der Waals surface area (Å²) in [6.45, 7) is -0.549. The number of hydrogen-bond donors (Lipinski definition) is 2. The Labute approximate surface area is 155 Å². The Morgan fingerprint density at radius 1 is 1.04 bits per heavy atom. The standard InChI is InChI=1S/C18H15N3O5S/c19-27(24,25)14-6-3-5-13(10-14)20-17(22)11-26-18(23)16-9-8-12-4-1-2-7-15(12)21-16/h1-10H,11H2,(H,20,22)(H2,19,24,25). The fourth-order valence-electron chi connectivity index (χ4n) is 2.33. The van der Waals surface area contributed by atoms with Crippen LogP contribution in [0.1, 0.15) is 10.5 Å². The number of pyridine rings is 1. The number of para-hydroxylation sites is 1. The first-order valence-electron chi connectivity index (χ1n) is 7.78. The zero-order chi connectivity index (χ0) is 19.4. The van der Waals surface area contributed by atoms with E-state index in [1.54, 1.807) is 18.2 Å². The minimum absolute atomic E-state index is 0.0812. The third-order valence-electron chi connectivity index (χ3n) is 3.59. The lowest BCUT2D eigenvalue weighted by molar-refractivity contribution is -0.119. The van der Waals surface area contributed by atoms with Crippen LogP contribution in [0.25, 0.3) is 10.9 Å². The third kappa shape index (κ3) is 4.66. The quantitative estimate of drug-likeness (QED) is 0.643. The van der Waals surface area contributed by atoms with Gasteiger partial charge in [-0.05, 0) is 30.3 Å². The Morgan fingerprint density at radius 3 is 2.59 bits per heavy atom. The lowest BCUT2D eigenvalue weighted by Gasteiger charge is -2.08. The van der Waals surface area contributed by atoms with Gasteiger partial charge in [0.25, 0.3) is 5.91 Å². The van der Waals surface area contributed by atoms with Crippen LogP contribution in [0.4, 0.5) is 5.69 Å². The summed E-state index contributed by atoms with van der Waals surface area (Å²) in [5.41, 5.74) is 0.931. The number of benzene rings is 2. The predicted octanol–water partition coefficient (Wildman–Crippen LogP) is 1.68. The molecule has 0 fully saturated rings. The van der Waals surface area contributed by atoms with E-state index in [9.17, 15) is 18.0 Å². The van der Waals surface area contributed by atoms with Crippen molar-refractivity contribution in [3.8, 4) is 0 Å². The lowest BCUT2D eigenvalue weighted by Crippen LogP contribution is -2.21. The molecule has 0 unspecified atom stereocenters. The van der Waals surface area contributed by atoms with E-state index in [4.69, 9.17) is 9.88 Å². The van der Waals surface area contributed by atoms with E-state index < -0.39 is 28.5 Å². The van der Waals surface area contributed by atoms with Crippen molar-refractivity contribution in [2.45, 2.75) is 4.90 Å². The van der Waals surface area contributed by atoms with Gasteiger partial charge < -0.3 is 10.1 Å². The summed E-state index contributed by atoms with van der Waals surface area (Å²) in [7, 11) is -3.89. The highest BCUT2D eigenvalue weighted by Crippen LogP contribution is 2.14. The largest absolute Gasteiger partial charge is 0.451 e. The number of nitrogens with one attached hydrogen (secondary N) is 1. The SMILES string of the molecule is NS(=O)(=O)c1cccc(NC(=O)COC(=O)c2ccc3ccccc3n2)c1. The molecule has 0 bridgehead atoms. The van der Waals surface area contributed by atoms with Crippen molar-refractivity contribution in [2.24, 2.45) is 5.14 Å². The average molecular weight is 385 g/mol. The Kier molecular flexibility index (Phi) is 5.15. The molecule has 8 nitrogen and oxygen atoms in total. The summed E-state index contributed by atoms with van der Waals surface area (Å²) in [6, 6.07) is 16.0. The molecule has 2 aromatic carbocycles. The number of fused-ring (bicyclic) bond motifs is 1. The summed E-state index contributed by atoms with van der Waals surface area (Å²) in [5.74, 6) is -1.37. The van der Waals surface area contributed by atoms with E-state index in [-0.39, 0.29) is 16.3 Å². The van der Waals surface area contributed by atoms with E-state index in [1.165, 1.54) is 30.3 Å². The molecule has 1 aromatic heterocycles. The van der Waals surface area contributed by atoms with E-state index in [1.807, 2.05) is 12.1 Å². The number of ether oxygens (including phenoxy) is 1. The Balaban J connectivity index is 1.62. The minimum atomic E-state index is -3.89. The lowest BCUT2D eigenvalue weighted by atomic mass is 10.2. The van der Waals surface area contributed by atoms with Gasteiger partial charge in [0.1, 0.15) is 5.69 Å². The van der Waals surface area contributed by atoms with Crippen LogP contribution in [-0.4, -0.2) is 31.9 Å². The maximum absolute atomic E-state index is 12.1. The number of nitrogens with two attached hydrogens (primary N) is 1. The van der Waals surface area contributed by atoms with Crippen LogP contribution in [0, 0.1) is 0 Å². The molecule has 0 aliphatic carbocycles. The number of carbonyl (C=O) groups excluding carboxylic acids is 2. The first-order chi connectivity index (χ1) is 12.8. The van der Waals surface area contributed by atoms with Gasteiger partial charge in [0.05, 0.1) is 10.4 Å². The van der Waals surface area contributed by atoms with Crippen molar-refractivity contribution < 1.29 is 22.7 Å². The first kappa shape index (κ1) is 18.5. The van der Waals surface area contributed by atoms with Crippen LogP contribution in [0.2, 0.25) is 0 Å². The molecule has 0 spiro atoms. The summed E-state index contributed by atoms with van der Waals surface area (Å²) < 4.78 is 27.6. The van der Waals surface area contributed by atoms with Gasteiger partial charge >= 0.3 is 5.97 Å². The molecule has 0 saturated carbocycles. The third-order valence-corrected chi connectivity index (χ3v) is 4.50. The van der Waals surface area contributed by atoms with Crippen molar-refractivity contribution in [1.82, 2.24) is 4.98 Å². The molecule has 0 saturated heterocycles. The number of rotatable bonds is 5. The maximum Gasteiger partial charge on any atom is 0.357 e. The van der Waals surface area contributed by atoms with Gasteiger partial charge in [-0.15, -0.1) is 0 Å². The monoisotopic (exact) mass is 385 g/mol. The van der Waals surface area contributed by atoms with Crippen molar-refractivity contribution in [2.75, 3.05) is 11.9 Å². The van der Waals surface area contributed by atoms with Crippen LogP contribution in [0.3, 0.4) is 0 Å². The molecule has 3 rings (SSSR count). The van der Waals surface area contributed by atoms with Crippen LogP contribution in [-0.2, 0) is 19.6 Å². The van der Waals surface area contributed by atoms with Crippen LogP contribution >= 0.6 is 0 Å². The molecule has 0 aliphatic rings. The van der Waals surface area contributed by atoms with Gasteiger partial charge in [-0.25, -0.2) is 23.3 Å². The van der Waals surface area contributed by atoms with Gasteiger partial charge in [0.2, 0.25) is 10.0 Å². The molecule has 0 aliphatic heterocycles. The van der Waals surface area contributed by atoms with Crippen molar-refractivity contribution >= 4 is 38.5 Å². The number of primary sulfonamides is 1. The predicted molar refractivity (Wildman–Crippen MR) is 98.5 cm³/mol. The summed E-state index contributed by atoms with van der Waals surface area (Å²) in [5, 5.41) is 8.35. The summed E-state index contributed by atoms with van der Waals surface area (Å²) >= 11 is 0. The van der Waals surface area contributed by atoms with Crippen molar-refractivity contribution in [3.05, 3.63) is 66.4 Å². The van der Waals surface area contributed by atoms with Crippen LogP contribution in [0.15, 0.2) is 65.6 Å². The van der Waals surface area contributed by atoms with Gasteiger partial charge in [0.15, 0.2) is 6.61 Å². The Morgan fingerprint density at radius 2 is 1.81 bits per heavy atom. The molecule has 1 amide bonds. The van der Waals surface area contributed by atoms with Crippen LogP contribution in [0.5, 0.6) is 0 Å². The van der Waals surface area contributed by atoms with Crippen molar-refractivity contribution in [1.29, 1.82) is 0 Å². The van der Waals surface area contributed by atoms with E-state index in [0.717, 1.165) is 5.39 Å². The number of esters is 1. The Bertz CT molecular complexity index is 1130. The van der Waals surface area contributed by atoms with Crippen molar-refractivity contribution in [3.63, 3.8) is 0 Å².